The number of halogens is 4. The Hall–Kier alpha value is -5.64. The number of aryl methyl sites for hydroxylation is 2. The van der Waals surface area contributed by atoms with E-state index >= 15 is 4.39 Å². The zero-order chi connectivity index (χ0) is 35.9. The van der Waals surface area contributed by atoms with Crippen LogP contribution in [0.2, 0.25) is 0 Å². The van der Waals surface area contributed by atoms with Crippen molar-refractivity contribution in [2.45, 2.75) is 31.6 Å². The van der Waals surface area contributed by atoms with Gasteiger partial charge in [-0.1, -0.05) is 12.1 Å². The number of carbonyl (C=O) groups excluding carboxylic acids is 2. The van der Waals surface area contributed by atoms with Crippen LogP contribution in [0.1, 0.15) is 21.5 Å². The first kappa shape index (κ1) is 34.2. The Morgan fingerprint density at radius 3 is 2.50 bits per heavy atom. The lowest BCUT2D eigenvalue weighted by atomic mass is 9.99. The summed E-state index contributed by atoms with van der Waals surface area (Å²) in [4.78, 5) is 62.9. The number of morpholine rings is 1. The third-order valence-electron chi connectivity index (χ3n) is 8.65. The summed E-state index contributed by atoms with van der Waals surface area (Å²) in [6, 6.07) is 8.26. The van der Waals surface area contributed by atoms with E-state index in [1.54, 1.807) is 30.3 Å². The van der Waals surface area contributed by atoms with Crippen LogP contribution in [0.4, 0.5) is 23.2 Å². The summed E-state index contributed by atoms with van der Waals surface area (Å²) < 4.78 is 68.7. The van der Waals surface area contributed by atoms with Gasteiger partial charge in [0.2, 0.25) is 0 Å². The number of fused-ring (bicyclic) bond motifs is 2. The third-order valence-corrected chi connectivity index (χ3v) is 8.65. The van der Waals surface area contributed by atoms with Gasteiger partial charge in [-0.05, 0) is 54.4 Å². The molecule has 0 saturated carbocycles. The average Bonchev–Trinajstić information content (AvgIpc) is 3.10. The summed E-state index contributed by atoms with van der Waals surface area (Å²) in [5.74, 6) is -2.93. The number of anilines is 1. The van der Waals surface area contributed by atoms with E-state index in [0.29, 0.717) is 10.9 Å². The van der Waals surface area contributed by atoms with Gasteiger partial charge in [-0.3, -0.25) is 19.1 Å². The quantitative estimate of drug-likeness (QED) is 0.201. The first-order valence-electron chi connectivity index (χ1n) is 15.4. The molecule has 260 valence electrons. The van der Waals surface area contributed by atoms with Gasteiger partial charge in [-0.25, -0.2) is 23.5 Å². The van der Waals surface area contributed by atoms with Gasteiger partial charge in [-0.2, -0.15) is 13.2 Å². The molecule has 0 spiro atoms. The summed E-state index contributed by atoms with van der Waals surface area (Å²) in [6.07, 6.45) is -1.87. The molecule has 2 aromatic carbocycles. The molecule has 16 heteroatoms. The number of methoxy groups -OCH3 is 1. The lowest BCUT2D eigenvalue weighted by Crippen LogP contribution is -2.53. The minimum atomic E-state index is -4.63. The van der Waals surface area contributed by atoms with Crippen molar-refractivity contribution in [3.63, 3.8) is 0 Å². The van der Waals surface area contributed by atoms with E-state index in [0.717, 1.165) is 22.6 Å². The maximum atomic E-state index is 15.5. The zero-order valence-corrected chi connectivity index (χ0v) is 27.0. The third kappa shape index (κ3) is 6.17. The van der Waals surface area contributed by atoms with Crippen LogP contribution in [0.25, 0.3) is 27.6 Å². The largest absolute Gasteiger partial charge is 0.467 e. The standard InChI is InChI=1S/C34H30F4N6O6/c1-18-14-20(43-12-13-50-17-26(43)34(36,37)38)16-23(35)27(18)30(45)41-24(32(47)49-3)15-19-8-9-25(28-21(19)6-4-10-39-28)44-31(46)22-7-5-11-40-29(22)42(2)33(44)48/h4-11,14,16,24,26H,12-13,15,17H2,1-3H3,(H,41,45)/t24-,26+/m0/s1. The number of nitrogens with one attached hydrogen (secondary N) is 1. The van der Waals surface area contributed by atoms with Gasteiger partial charge in [0.05, 0.1) is 42.5 Å². The van der Waals surface area contributed by atoms with Crippen LogP contribution in [0.15, 0.2) is 70.5 Å². The van der Waals surface area contributed by atoms with E-state index in [4.69, 9.17) is 9.47 Å². The van der Waals surface area contributed by atoms with Gasteiger partial charge in [-0.15, -0.1) is 0 Å². The summed E-state index contributed by atoms with van der Waals surface area (Å²) >= 11 is 0. The normalized spacial score (nSPS) is 15.7. The SMILES string of the molecule is COC(=O)[C@H](Cc1ccc(-n2c(=O)c3cccnc3n(C)c2=O)c2ncccc12)NC(=O)c1c(C)cc(N2CCOC[C@@H]2C(F)(F)F)cc1F. The minimum absolute atomic E-state index is 0.00854. The number of nitrogens with zero attached hydrogens (tertiary/aromatic N) is 5. The smallest absolute Gasteiger partial charge is 0.411 e. The Kier molecular flexibility index (Phi) is 9.14. The van der Waals surface area contributed by atoms with E-state index in [-0.39, 0.29) is 53.1 Å². The molecule has 3 aromatic heterocycles. The molecule has 5 aromatic rings. The lowest BCUT2D eigenvalue weighted by Gasteiger charge is -2.38. The molecule has 1 saturated heterocycles. The highest BCUT2D eigenvalue weighted by Gasteiger charge is 2.45. The number of hydrogen-bond acceptors (Lipinski definition) is 9. The first-order valence-corrected chi connectivity index (χ1v) is 15.4. The van der Waals surface area contributed by atoms with E-state index in [1.165, 1.54) is 43.1 Å². The van der Waals surface area contributed by atoms with Crippen molar-refractivity contribution >= 4 is 39.5 Å². The summed E-state index contributed by atoms with van der Waals surface area (Å²) in [7, 11) is 2.60. The maximum absolute atomic E-state index is 15.5. The van der Waals surface area contributed by atoms with Crippen LogP contribution in [0, 0.1) is 12.7 Å². The van der Waals surface area contributed by atoms with Crippen LogP contribution < -0.4 is 21.5 Å². The van der Waals surface area contributed by atoms with Crippen molar-refractivity contribution < 1.29 is 36.6 Å². The molecule has 0 bridgehead atoms. The molecule has 2 atom stereocenters. The fraction of sp³-hybridized carbons (Fsp3) is 0.294. The van der Waals surface area contributed by atoms with Crippen molar-refractivity contribution in [1.29, 1.82) is 0 Å². The molecule has 1 aliphatic rings. The van der Waals surface area contributed by atoms with E-state index in [1.807, 2.05) is 0 Å². The second-order valence-corrected chi connectivity index (χ2v) is 11.7. The van der Waals surface area contributed by atoms with E-state index < -0.39 is 59.4 Å². The van der Waals surface area contributed by atoms with E-state index in [2.05, 4.69) is 15.3 Å². The Bertz CT molecular complexity index is 2250. The highest BCUT2D eigenvalue weighted by Crippen LogP contribution is 2.33. The van der Waals surface area contributed by atoms with E-state index in [9.17, 15) is 32.3 Å². The summed E-state index contributed by atoms with van der Waals surface area (Å²) in [5.41, 5.74) is -0.650. The number of carbonyl (C=O) groups is 2. The van der Waals surface area contributed by atoms with Gasteiger partial charge in [0.1, 0.15) is 23.5 Å². The molecular formula is C34H30F4N6O6. The Morgan fingerprint density at radius 2 is 1.80 bits per heavy atom. The van der Waals surface area contributed by atoms with Gasteiger partial charge >= 0.3 is 17.8 Å². The molecule has 1 amide bonds. The number of esters is 1. The number of aromatic nitrogens is 4. The summed E-state index contributed by atoms with van der Waals surface area (Å²) in [6.45, 7) is 0.632. The van der Waals surface area contributed by atoms with Crippen LogP contribution in [-0.4, -0.2) is 76.1 Å². The van der Waals surface area contributed by atoms with Crippen LogP contribution in [0.5, 0.6) is 0 Å². The number of alkyl halides is 3. The monoisotopic (exact) mass is 694 g/mol. The van der Waals surface area contributed by atoms with Gasteiger partial charge in [0, 0.05) is 43.5 Å². The number of rotatable bonds is 7. The Balaban J connectivity index is 1.34. The van der Waals surface area contributed by atoms with Gasteiger partial charge in [0.25, 0.3) is 11.5 Å². The molecule has 12 nitrogen and oxygen atoms in total. The average molecular weight is 695 g/mol. The lowest BCUT2D eigenvalue weighted by molar-refractivity contribution is -0.167. The molecule has 1 fully saturated rings. The molecule has 4 heterocycles. The van der Waals surface area contributed by atoms with Crippen molar-refractivity contribution in [1.82, 2.24) is 24.4 Å². The topological polar surface area (TPSA) is 138 Å². The number of benzene rings is 2. The van der Waals surface area contributed by atoms with Crippen LogP contribution in [-0.2, 0) is 27.7 Å². The van der Waals surface area contributed by atoms with Crippen LogP contribution in [0.3, 0.4) is 0 Å². The number of pyridine rings is 2. The van der Waals surface area contributed by atoms with Gasteiger partial charge in [0.15, 0.2) is 0 Å². The fourth-order valence-corrected chi connectivity index (χ4v) is 6.22. The van der Waals surface area contributed by atoms with Crippen LogP contribution >= 0.6 is 0 Å². The molecule has 0 unspecified atom stereocenters. The molecule has 1 aliphatic heterocycles. The number of hydrogen-bond donors (Lipinski definition) is 1. The zero-order valence-electron chi connectivity index (χ0n) is 27.0. The predicted octanol–water partition coefficient (Wildman–Crippen LogP) is 3.36. The fourth-order valence-electron chi connectivity index (χ4n) is 6.22. The predicted molar refractivity (Wildman–Crippen MR) is 174 cm³/mol. The first-order chi connectivity index (χ1) is 23.8. The highest BCUT2D eigenvalue weighted by atomic mass is 19.4. The molecule has 0 radical (unpaired) electrons. The highest BCUT2D eigenvalue weighted by molar-refractivity contribution is 5.99. The Morgan fingerprint density at radius 1 is 1.08 bits per heavy atom. The number of amides is 1. The number of ether oxygens (including phenoxy) is 2. The molecule has 50 heavy (non-hydrogen) atoms. The van der Waals surface area contributed by atoms with Crippen molar-refractivity contribution in [2.24, 2.45) is 7.05 Å². The maximum Gasteiger partial charge on any atom is 0.411 e. The van der Waals surface area contributed by atoms with Crippen molar-refractivity contribution in [3.8, 4) is 5.69 Å². The van der Waals surface area contributed by atoms with Crippen molar-refractivity contribution in [3.05, 3.63) is 104 Å². The molecule has 1 N–H and O–H groups in total. The summed E-state index contributed by atoms with van der Waals surface area (Å²) in [5, 5.41) is 3.15. The molecule has 6 rings (SSSR count). The minimum Gasteiger partial charge on any atom is -0.467 e. The van der Waals surface area contributed by atoms with Crippen molar-refractivity contribution in [2.75, 3.05) is 31.8 Å². The second kappa shape index (κ2) is 13.3. The Labute approximate surface area is 280 Å². The molecule has 0 aliphatic carbocycles. The van der Waals surface area contributed by atoms with Gasteiger partial charge < -0.3 is 19.7 Å². The second-order valence-electron chi connectivity index (χ2n) is 11.7. The molecular weight excluding hydrogens is 664 g/mol.